The molecule has 1 aromatic carbocycles. The lowest BCUT2D eigenvalue weighted by Gasteiger charge is -2.17. The van der Waals surface area contributed by atoms with Crippen molar-refractivity contribution in [1.29, 1.82) is 0 Å². The SMILES string of the molecule is C=CCn1c(SCC(=O)N[C@H](C)C(C)C)nnc1-c1ccccc1. The normalized spacial score (nSPS) is 12.2. The molecule has 2 rings (SSSR count). The van der Waals surface area contributed by atoms with Crippen LogP contribution in [-0.2, 0) is 11.3 Å². The highest BCUT2D eigenvalue weighted by atomic mass is 32.2. The predicted molar refractivity (Wildman–Crippen MR) is 98.8 cm³/mol. The van der Waals surface area contributed by atoms with Crippen molar-refractivity contribution in [3.63, 3.8) is 0 Å². The number of carbonyl (C=O) groups is 1. The van der Waals surface area contributed by atoms with Gasteiger partial charge in [-0.1, -0.05) is 62.0 Å². The molecule has 0 spiro atoms. The van der Waals surface area contributed by atoms with E-state index in [-0.39, 0.29) is 11.9 Å². The molecule has 0 fully saturated rings. The topological polar surface area (TPSA) is 59.8 Å². The van der Waals surface area contributed by atoms with Crippen molar-refractivity contribution >= 4 is 17.7 Å². The van der Waals surface area contributed by atoms with Crippen LogP contribution in [0.2, 0.25) is 0 Å². The molecule has 0 unspecified atom stereocenters. The molecule has 0 aliphatic rings. The maximum atomic E-state index is 12.1. The second-order valence-electron chi connectivity index (χ2n) is 5.96. The summed E-state index contributed by atoms with van der Waals surface area (Å²) in [6, 6.07) is 10.0. The van der Waals surface area contributed by atoms with Crippen molar-refractivity contribution in [2.24, 2.45) is 5.92 Å². The molecule has 0 saturated heterocycles. The van der Waals surface area contributed by atoms with E-state index in [1.54, 1.807) is 6.08 Å². The summed E-state index contributed by atoms with van der Waals surface area (Å²) in [7, 11) is 0. The second-order valence-corrected chi connectivity index (χ2v) is 6.90. The standard InChI is InChI=1S/C18H24N4OS/c1-5-11-22-17(15-9-7-6-8-10-15)20-21-18(22)24-12-16(23)19-14(4)13(2)3/h5-10,13-14H,1,11-12H2,2-4H3,(H,19,23)/t14-/m1/s1. The van der Waals surface area contributed by atoms with Crippen LogP contribution < -0.4 is 5.32 Å². The number of hydrogen-bond donors (Lipinski definition) is 1. The summed E-state index contributed by atoms with van der Waals surface area (Å²) in [5.41, 5.74) is 0.997. The van der Waals surface area contributed by atoms with E-state index in [9.17, 15) is 4.79 Å². The zero-order chi connectivity index (χ0) is 17.5. The first-order chi connectivity index (χ1) is 11.5. The molecule has 6 heteroatoms. The molecule has 0 bridgehead atoms. The van der Waals surface area contributed by atoms with E-state index >= 15 is 0 Å². The number of carbonyl (C=O) groups excluding carboxylic acids is 1. The van der Waals surface area contributed by atoms with Gasteiger partial charge in [-0.05, 0) is 12.8 Å². The van der Waals surface area contributed by atoms with Crippen LogP contribution in [0, 0.1) is 5.92 Å². The first-order valence-electron chi connectivity index (χ1n) is 8.04. The van der Waals surface area contributed by atoms with Gasteiger partial charge < -0.3 is 5.32 Å². The highest BCUT2D eigenvalue weighted by molar-refractivity contribution is 7.99. The van der Waals surface area contributed by atoms with Crippen LogP contribution in [-0.4, -0.2) is 32.5 Å². The first kappa shape index (κ1) is 18.3. The van der Waals surface area contributed by atoms with Crippen molar-refractivity contribution in [3.8, 4) is 11.4 Å². The monoisotopic (exact) mass is 344 g/mol. The number of nitrogens with one attached hydrogen (secondary N) is 1. The number of hydrogen-bond acceptors (Lipinski definition) is 4. The number of aromatic nitrogens is 3. The number of benzene rings is 1. The molecule has 0 aliphatic carbocycles. The summed E-state index contributed by atoms with van der Waals surface area (Å²) in [6.45, 7) is 10.6. The number of rotatable bonds is 8. The highest BCUT2D eigenvalue weighted by Crippen LogP contribution is 2.23. The summed E-state index contributed by atoms with van der Waals surface area (Å²) in [4.78, 5) is 12.1. The van der Waals surface area contributed by atoms with Crippen LogP contribution in [0.15, 0.2) is 48.1 Å². The van der Waals surface area contributed by atoms with Crippen LogP contribution in [0.4, 0.5) is 0 Å². The largest absolute Gasteiger partial charge is 0.353 e. The molecule has 1 N–H and O–H groups in total. The summed E-state index contributed by atoms with van der Waals surface area (Å²) in [5.74, 6) is 1.53. The Bertz CT molecular complexity index is 682. The molecule has 24 heavy (non-hydrogen) atoms. The average Bonchev–Trinajstić information content (AvgIpc) is 2.97. The van der Waals surface area contributed by atoms with E-state index < -0.39 is 0 Å². The Hall–Kier alpha value is -2.08. The molecule has 1 heterocycles. The third-order valence-electron chi connectivity index (χ3n) is 3.78. The van der Waals surface area contributed by atoms with Crippen molar-refractivity contribution in [2.45, 2.75) is 38.5 Å². The molecule has 2 aromatic rings. The maximum Gasteiger partial charge on any atom is 0.230 e. The lowest BCUT2D eigenvalue weighted by molar-refractivity contribution is -0.119. The van der Waals surface area contributed by atoms with Crippen LogP contribution in [0.1, 0.15) is 20.8 Å². The summed E-state index contributed by atoms with van der Waals surface area (Å²) < 4.78 is 1.98. The van der Waals surface area contributed by atoms with Gasteiger partial charge in [0.1, 0.15) is 0 Å². The molecule has 1 aromatic heterocycles. The molecule has 1 amide bonds. The maximum absolute atomic E-state index is 12.1. The minimum Gasteiger partial charge on any atom is -0.353 e. The third-order valence-corrected chi connectivity index (χ3v) is 4.75. The van der Waals surface area contributed by atoms with Gasteiger partial charge >= 0.3 is 0 Å². The zero-order valence-electron chi connectivity index (χ0n) is 14.4. The number of nitrogens with zero attached hydrogens (tertiary/aromatic N) is 3. The van der Waals surface area contributed by atoms with Crippen molar-refractivity contribution in [3.05, 3.63) is 43.0 Å². The summed E-state index contributed by atoms with van der Waals surface area (Å²) in [5, 5.41) is 12.3. The van der Waals surface area contributed by atoms with Crippen molar-refractivity contribution in [1.82, 2.24) is 20.1 Å². The Labute approximate surface area is 147 Å². The number of thioether (sulfide) groups is 1. The zero-order valence-corrected chi connectivity index (χ0v) is 15.2. The van der Waals surface area contributed by atoms with E-state index in [0.29, 0.717) is 18.2 Å². The Morgan fingerprint density at radius 2 is 2.00 bits per heavy atom. The molecule has 1 atom stereocenters. The minimum absolute atomic E-state index is 0.00983. The van der Waals surface area contributed by atoms with E-state index in [1.165, 1.54) is 11.8 Å². The fourth-order valence-electron chi connectivity index (χ4n) is 2.08. The molecular weight excluding hydrogens is 320 g/mol. The van der Waals surface area contributed by atoms with Gasteiger partial charge in [-0.15, -0.1) is 16.8 Å². The lowest BCUT2D eigenvalue weighted by atomic mass is 10.1. The van der Waals surface area contributed by atoms with E-state index in [4.69, 9.17) is 0 Å². The first-order valence-corrected chi connectivity index (χ1v) is 9.03. The average molecular weight is 344 g/mol. The van der Waals surface area contributed by atoms with Crippen LogP contribution in [0.3, 0.4) is 0 Å². The Kier molecular flexibility index (Phi) is 6.61. The van der Waals surface area contributed by atoms with Gasteiger partial charge in [0, 0.05) is 18.2 Å². The van der Waals surface area contributed by atoms with Gasteiger partial charge in [0.15, 0.2) is 11.0 Å². The van der Waals surface area contributed by atoms with Gasteiger partial charge in [0.2, 0.25) is 5.91 Å². The summed E-state index contributed by atoms with van der Waals surface area (Å²) >= 11 is 1.39. The highest BCUT2D eigenvalue weighted by Gasteiger charge is 2.16. The van der Waals surface area contributed by atoms with Gasteiger partial charge in [-0.3, -0.25) is 9.36 Å². The van der Waals surface area contributed by atoms with E-state index in [0.717, 1.165) is 16.5 Å². The lowest BCUT2D eigenvalue weighted by Crippen LogP contribution is -2.37. The van der Waals surface area contributed by atoms with Gasteiger partial charge in [-0.2, -0.15) is 0 Å². The fraction of sp³-hybridized carbons (Fsp3) is 0.389. The van der Waals surface area contributed by atoms with E-state index in [2.05, 4.69) is 35.9 Å². The smallest absolute Gasteiger partial charge is 0.230 e. The van der Waals surface area contributed by atoms with Crippen LogP contribution >= 0.6 is 11.8 Å². The van der Waals surface area contributed by atoms with Crippen LogP contribution in [0.5, 0.6) is 0 Å². The number of allylic oxidation sites excluding steroid dienone is 1. The van der Waals surface area contributed by atoms with Crippen molar-refractivity contribution < 1.29 is 4.79 Å². The Morgan fingerprint density at radius 3 is 2.62 bits per heavy atom. The predicted octanol–water partition coefficient (Wildman–Crippen LogP) is 3.38. The minimum atomic E-state index is 0.00983. The molecular formula is C18H24N4OS. The van der Waals surface area contributed by atoms with Gasteiger partial charge in [0.25, 0.3) is 0 Å². The van der Waals surface area contributed by atoms with E-state index in [1.807, 2.05) is 41.8 Å². The van der Waals surface area contributed by atoms with Gasteiger partial charge in [-0.25, -0.2) is 0 Å². The molecule has 0 radical (unpaired) electrons. The Balaban J connectivity index is 2.09. The number of amides is 1. The molecule has 5 nitrogen and oxygen atoms in total. The molecule has 0 saturated carbocycles. The summed E-state index contributed by atoms with van der Waals surface area (Å²) in [6.07, 6.45) is 1.81. The van der Waals surface area contributed by atoms with Crippen molar-refractivity contribution in [2.75, 3.05) is 5.75 Å². The molecule has 128 valence electrons. The van der Waals surface area contributed by atoms with Gasteiger partial charge in [0.05, 0.1) is 5.75 Å². The third kappa shape index (κ3) is 4.71. The quantitative estimate of drug-likeness (QED) is 0.589. The second kappa shape index (κ2) is 8.68. The fourth-order valence-corrected chi connectivity index (χ4v) is 2.84. The Morgan fingerprint density at radius 1 is 1.29 bits per heavy atom. The molecule has 0 aliphatic heterocycles. The van der Waals surface area contributed by atoms with Crippen LogP contribution in [0.25, 0.3) is 11.4 Å².